The highest BCUT2D eigenvalue weighted by molar-refractivity contribution is 7.64. The van der Waals surface area contributed by atoms with E-state index in [1.54, 1.807) is 19.1 Å². The minimum Gasteiger partial charge on any atom is -0.480 e. The van der Waals surface area contributed by atoms with Crippen LogP contribution in [0.3, 0.4) is 0 Å². The minimum absolute atomic E-state index is 0.0881. The summed E-state index contributed by atoms with van der Waals surface area (Å²) in [6.07, 6.45) is -0.110. The molecular weight excluding hydrogens is 480 g/mol. The Morgan fingerprint density at radius 1 is 1.19 bits per heavy atom. The predicted octanol–water partition coefficient (Wildman–Crippen LogP) is 6.47. The van der Waals surface area contributed by atoms with Crippen LogP contribution in [-0.2, 0) is 19.0 Å². The van der Waals surface area contributed by atoms with Gasteiger partial charge in [0.2, 0.25) is 7.37 Å². The Bertz CT molecular complexity index is 1350. The first-order valence-electron chi connectivity index (χ1n) is 11.7. The number of halogens is 1. The Morgan fingerprint density at radius 2 is 1.81 bits per heavy atom. The number of aliphatic hydroxyl groups is 1. The van der Waals surface area contributed by atoms with Gasteiger partial charge in [-0.3, -0.25) is 14.3 Å². The molecule has 0 amide bonds. The molecule has 1 aliphatic rings. The number of pyridine rings is 1. The maximum atomic E-state index is 14.2. The van der Waals surface area contributed by atoms with Crippen LogP contribution in [0.15, 0.2) is 67.0 Å². The Labute approximate surface area is 209 Å². The van der Waals surface area contributed by atoms with Gasteiger partial charge in [0.1, 0.15) is 5.82 Å². The molecule has 2 aromatic carbocycles. The van der Waals surface area contributed by atoms with Gasteiger partial charge in [-0.05, 0) is 61.3 Å². The van der Waals surface area contributed by atoms with Crippen LogP contribution >= 0.6 is 7.37 Å². The average molecular weight is 510 g/mol. The molecule has 0 spiro atoms. The molecule has 6 nitrogen and oxygen atoms in total. The van der Waals surface area contributed by atoms with Gasteiger partial charge in [-0.15, -0.1) is 0 Å². The molecule has 3 aromatic rings. The number of aromatic nitrogens is 1. The molecule has 0 saturated heterocycles. The van der Waals surface area contributed by atoms with E-state index in [-0.39, 0.29) is 11.5 Å². The number of nitrogens with zero attached hydrogens (tertiary/aromatic N) is 1. The molecular formula is C28H29FNO5P. The second kappa shape index (κ2) is 9.74. The molecule has 0 aliphatic heterocycles. The van der Waals surface area contributed by atoms with Crippen LogP contribution < -0.4 is 0 Å². The molecule has 1 aliphatic carbocycles. The van der Waals surface area contributed by atoms with Gasteiger partial charge in [-0.1, -0.05) is 49.0 Å². The minimum atomic E-state index is -4.26. The van der Waals surface area contributed by atoms with Crippen molar-refractivity contribution in [3.8, 4) is 22.4 Å². The largest absolute Gasteiger partial charge is 0.480 e. The molecule has 1 fully saturated rings. The lowest BCUT2D eigenvalue weighted by Gasteiger charge is -2.40. The predicted molar refractivity (Wildman–Crippen MR) is 138 cm³/mol. The number of hydrogen-bond acceptors (Lipinski definition) is 5. The Hall–Kier alpha value is -3.12. The fourth-order valence-electron chi connectivity index (χ4n) is 4.99. The number of rotatable bonds is 9. The maximum Gasteiger partial charge on any atom is 0.327 e. The van der Waals surface area contributed by atoms with E-state index in [0.717, 1.165) is 31.3 Å². The highest BCUT2D eigenvalue weighted by atomic mass is 31.2. The third-order valence-electron chi connectivity index (χ3n) is 6.93. The lowest BCUT2D eigenvalue weighted by atomic mass is 9.81. The quantitative estimate of drug-likeness (QED) is 0.321. The molecule has 4 rings (SSSR count). The molecule has 36 heavy (non-hydrogen) atoms. The number of carbonyl (C=O) groups is 1. The molecule has 1 heterocycles. The zero-order valence-corrected chi connectivity index (χ0v) is 21.3. The smallest absolute Gasteiger partial charge is 0.327 e. The van der Waals surface area contributed by atoms with Crippen molar-refractivity contribution in [3.63, 3.8) is 0 Å². The molecule has 188 valence electrons. The first kappa shape index (κ1) is 26.0. The van der Waals surface area contributed by atoms with Crippen molar-refractivity contribution >= 4 is 13.3 Å². The van der Waals surface area contributed by atoms with Crippen molar-refractivity contribution in [2.45, 2.75) is 43.9 Å². The van der Waals surface area contributed by atoms with Crippen molar-refractivity contribution in [2.24, 2.45) is 0 Å². The van der Waals surface area contributed by atoms with Gasteiger partial charge in [0.05, 0.1) is 11.8 Å². The number of aliphatic carboxylic acids is 1. The normalized spacial score (nSPS) is 17.6. The van der Waals surface area contributed by atoms with E-state index in [1.165, 1.54) is 19.1 Å². The van der Waals surface area contributed by atoms with Crippen LogP contribution in [0.1, 0.15) is 42.5 Å². The molecule has 1 saturated carbocycles. The standard InChI is InChI=1S/C28H29FNO5P/c1-5-36(34,35-4)28(18(3)31,27(32)33)24-23(19-13-15-22(29)16-14-19)17(2)25(20-9-7-6-8-10-20)30-26(24)21-11-12-21/h5-10,13-16,18,21,31H,1,11-12H2,2-4H3,(H,32,33). The summed E-state index contributed by atoms with van der Waals surface area (Å²) in [6, 6.07) is 15.1. The summed E-state index contributed by atoms with van der Waals surface area (Å²) in [5.41, 5.74) is 3.60. The van der Waals surface area contributed by atoms with Crippen molar-refractivity contribution in [3.05, 3.63) is 89.6 Å². The van der Waals surface area contributed by atoms with Crippen LogP contribution in [0.2, 0.25) is 0 Å². The fourth-order valence-corrected chi connectivity index (χ4v) is 7.04. The second-order valence-electron chi connectivity index (χ2n) is 9.08. The monoisotopic (exact) mass is 509 g/mol. The van der Waals surface area contributed by atoms with E-state index in [0.29, 0.717) is 28.1 Å². The van der Waals surface area contributed by atoms with E-state index in [1.807, 2.05) is 30.3 Å². The van der Waals surface area contributed by atoms with Crippen LogP contribution in [-0.4, -0.2) is 34.4 Å². The summed E-state index contributed by atoms with van der Waals surface area (Å²) in [7, 11) is -3.11. The van der Waals surface area contributed by atoms with Gasteiger partial charge < -0.3 is 14.7 Å². The number of hydrogen-bond donors (Lipinski definition) is 2. The third-order valence-corrected chi connectivity index (χ3v) is 9.72. The zero-order chi connectivity index (χ0) is 26.3. The van der Waals surface area contributed by atoms with Gasteiger partial charge in [-0.2, -0.15) is 0 Å². The van der Waals surface area contributed by atoms with Gasteiger partial charge in [0.15, 0.2) is 5.16 Å². The Kier molecular flexibility index (Phi) is 7.02. The SMILES string of the molecule is C=CP(=O)(OC)C(C(=O)O)(c1c(C2CC2)nc(-c2ccccc2)c(C)c1-c1ccc(F)cc1)C(C)O. The number of carboxylic acid groups (broad SMARTS) is 1. The molecule has 3 unspecified atom stereocenters. The fraction of sp³-hybridized carbons (Fsp3) is 0.286. The first-order chi connectivity index (χ1) is 17.1. The van der Waals surface area contributed by atoms with Crippen molar-refractivity contribution in [2.75, 3.05) is 7.11 Å². The van der Waals surface area contributed by atoms with Gasteiger partial charge in [0.25, 0.3) is 0 Å². The van der Waals surface area contributed by atoms with Crippen molar-refractivity contribution in [1.82, 2.24) is 4.98 Å². The van der Waals surface area contributed by atoms with Crippen molar-refractivity contribution in [1.29, 1.82) is 0 Å². The molecule has 0 radical (unpaired) electrons. The maximum absolute atomic E-state index is 14.2. The summed E-state index contributed by atoms with van der Waals surface area (Å²) in [5, 5.41) is 19.5. The summed E-state index contributed by atoms with van der Waals surface area (Å²) < 4.78 is 33.5. The van der Waals surface area contributed by atoms with E-state index < -0.39 is 30.4 Å². The van der Waals surface area contributed by atoms with E-state index >= 15 is 0 Å². The number of carboxylic acids is 1. The lowest BCUT2D eigenvalue weighted by Crippen LogP contribution is -2.46. The summed E-state index contributed by atoms with van der Waals surface area (Å²) in [6.45, 7) is 6.71. The van der Waals surface area contributed by atoms with E-state index in [9.17, 15) is 24.0 Å². The highest BCUT2D eigenvalue weighted by Crippen LogP contribution is 2.69. The molecule has 2 N–H and O–H groups in total. The third kappa shape index (κ3) is 4.01. The molecule has 1 aromatic heterocycles. The first-order valence-corrected chi connectivity index (χ1v) is 13.4. The van der Waals surface area contributed by atoms with E-state index in [2.05, 4.69) is 6.58 Å². The Balaban J connectivity index is 2.26. The summed E-state index contributed by atoms with van der Waals surface area (Å²) >= 11 is 0. The van der Waals surface area contributed by atoms with Crippen LogP contribution in [0.4, 0.5) is 4.39 Å². The van der Waals surface area contributed by atoms with Crippen LogP contribution in [0, 0.1) is 12.7 Å². The van der Waals surface area contributed by atoms with Gasteiger partial charge >= 0.3 is 5.97 Å². The summed E-state index contributed by atoms with van der Waals surface area (Å²) in [4.78, 5) is 18.1. The average Bonchev–Trinajstić information content (AvgIpc) is 3.71. The van der Waals surface area contributed by atoms with Crippen LogP contribution in [0.5, 0.6) is 0 Å². The zero-order valence-electron chi connectivity index (χ0n) is 20.4. The topological polar surface area (TPSA) is 96.7 Å². The van der Waals surface area contributed by atoms with E-state index in [4.69, 9.17) is 9.51 Å². The van der Waals surface area contributed by atoms with Crippen molar-refractivity contribution < 1.29 is 28.5 Å². The molecule has 0 bridgehead atoms. The van der Waals surface area contributed by atoms with Gasteiger partial charge in [-0.25, -0.2) is 4.39 Å². The number of benzene rings is 2. The number of aliphatic hydroxyl groups excluding tert-OH is 1. The summed E-state index contributed by atoms with van der Waals surface area (Å²) in [5.74, 6) is -1.07. The second-order valence-corrected chi connectivity index (χ2v) is 11.7. The molecule has 8 heteroatoms. The Morgan fingerprint density at radius 3 is 2.28 bits per heavy atom. The highest BCUT2D eigenvalue weighted by Gasteiger charge is 2.62. The van der Waals surface area contributed by atoms with Crippen LogP contribution in [0.25, 0.3) is 22.4 Å². The molecule has 3 atom stereocenters. The van der Waals surface area contributed by atoms with Gasteiger partial charge in [0, 0.05) is 29.8 Å². The lowest BCUT2D eigenvalue weighted by molar-refractivity contribution is -0.144.